The van der Waals surface area contributed by atoms with Crippen molar-refractivity contribution in [3.63, 3.8) is 0 Å². The summed E-state index contributed by atoms with van der Waals surface area (Å²) in [6, 6.07) is 6.40. The summed E-state index contributed by atoms with van der Waals surface area (Å²) in [5.74, 6) is 0.720. The maximum atomic E-state index is 6.30. The first kappa shape index (κ1) is 20.9. The first-order valence-electron chi connectivity index (χ1n) is 8.25. The number of nitrogen functional groups attached to an aromatic ring is 1. The molecule has 23 heavy (non-hydrogen) atoms. The lowest BCUT2D eigenvalue weighted by Crippen LogP contribution is -2.47. The van der Waals surface area contributed by atoms with Crippen LogP contribution in [-0.4, -0.2) is 31.1 Å². The normalized spacial score (nSPS) is 21.1. The molecule has 132 valence electrons. The molecule has 2 fully saturated rings. The van der Waals surface area contributed by atoms with Gasteiger partial charge in [-0.1, -0.05) is 30.9 Å². The van der Waals surface area contributed by atoms with E-state index in [2.05, 4.69) is 16.3 Å². The highest BCUT2D eigenvalue weighted by Crippen LogP contribution is 2.41. The molecular formula is C17H28Cl3N3. The summed E-state index contributed by atoms with van der Waals surface area (Å²) in [6.07, 6.45) is 6.73. The number of rotatable bonds is 3. The van der Waals surface area contributed by atoms with Crippen LogP contribution < -0.4 is 11.1 Å². The van der Waals surface area contributed by atoms with Gasteiger partial charge in [0.25, 0.3) is 0 Å². The average Bonchev–Trinajstić information content (AvgIpc) is 2.53. The highest BCUT2D eigenvalue weighted by molar-refractivity contribution is 6.30. The van der Waals surface area contributed by atoms with Crippen LogP contribution in [-0.2, 0) is 0 Å². The van der Waals surface area contributed by atoms with E-state index in [9.17, 15) is 0 Å². The lowest BCUT2D eigenvalue weighted by atomic mass is 9.79. The summed E-state index contributed by atoms with van der Waals surface area (Å²) in [6.45, 7) is 4.35. The maximum absolute atomic E-state index is 6.30. The van der Waals surface area contributed by atoms with Crippen molar-refractivity contribution in [2.75, 3.05) is 31.9 Å². The third-order valence-electron chi connectivity index (χ3n) is 5.01. The van der Waals surface area contributed by atoms with Crippen LogP contribution in [0, 0.1) is 5.92 Å². The predicted octanol–water partition coefficient (Wildman–Crippen LogP) is 4.29. The molecule has 0 aromatic heterocycles. The zero-order valence-corrected chi connectivity index (χ0v) is 15.9. The van der Waals surface area contributed by atoms with Gasteiger partial charge in [-0.05, 0) is 42.5 Å². The van der Waals surface area contributed by atoms with Crippen molar-refractivity contribution in [3.05, 3.63) is 28.8 Å². The van der Waals surface area contributed by atoms with Gasteiger partial charge in [-0.3, -0.25) is 4.90 Å². The van der Waals surface area contributed by atoms with E-state index in [1.165, 1.54) is 37.7 Å². The van der Waals surface area contributed by atoms with Crippen molar-refractivity contribution in [3.8, 4) is 0 Å². The Morgan fingerprint density at radius 2 is 1.74 bits per heavy atom. The van der Waals surface area contributed by atoms with Gasteiger partial charge in [0.2, 0.25) is 0 Å². The van der Waals surface area contributed by atoms with Crippen LogP contribution in [0.15, 0.2) is 18.2 Å². The van der Waals surface area contributed by atoms with E-state index in [0.717, 1.165) is 42.8 Å². The minimum Gasteiger partial charge on any atom is -0.398 e. The van der Waals surface area contributed by atoms with Crippen LogP contribution in [0.2, 0.25) is 5.02 Å². The number of benzene rings is 1. The minimum absolute atomic E-state index is 0. The van der Waals surface area contributed by atoms with Gasteiger partial charge in [0.05, 0.1) is 0 Å². The number of hydrogen-bond donors (Lipinski definition) is 2. The molecule has 1 heterocycles. The largest absolute Gasteiger partial charge is 0.398 e. The summed E-state index contributed by atoms with van der Waals surface area (Å²) in [4.78, 5) is 2.62. The molecule has 0 bridgehead atoms. The molecule has 3 N–H and O–H groups in total. The lowest BCUT2D eigenvalue weighted by Gasteiger charge is -2.41. The molecule has 3 rings (SSSR count). The third-order valence-corrected chi connectivity index (χ3v) is 5.24. The molecule has 1 saturated heterocycles. The number of hydrogen-bond acceptors (Lipinski definition) is 3. The Labute approximate surface area is 157 Å². The van der Waals surface area contributed by atoms with Crippen molar-refractivity contribution in [2.45, 2.75) is 38.1 Å². The SMILES string of the molecule is Cl.Cl.Nc1ccc(Cl)cc1[C@@H](C1CCCCC1)N1CCNCC1. The number of nitrogens with zero attached hydrogens (tertiary/aromatic N) is 1. The van der Waals surface area contributed by atoms with Crippen LogP contribution in [0.4, 0.5) is 5.69 Å². The van der Waals surface area contributed by atoms with E-state index in [-0.39, 0.29) is 24.8 Å². The van der Waals surface area contributed by atoms with E-state index >= 15 is 0 Å². The smallest absolute Gasteiger partial charge is 0.0410 e. The highest BCUT2D eigenvalue weighted by Gasteiger charge is 2.32. The Balaban J connectivity index is 0.00000132. The van der Waals surface area contributed by atoms with Crippen LogP contribution in [0.3, 0.4) is 0 Å². The average molecular weight is 381 g/mol. The molecule has 1 aromatic rings. The Morgan fingerprint density at radius 1 is 1.09 bits per heavy atom. The number of piperazine rings is 1. The van der Waals surface area contributed by atoms with Crippen molar-refractivity contribution in [1.82, 2.24) is 10.2 Å². The Morgan fingerprint density at radius 3 is 2.39 bits per heavy atom. The van der Waals surface area contributed by atoms with Crippen molar-refractivity contribution in [1.29, 1.82) is 0 Å². The van der Waals surface area contributed by atoms with Crippen molar-refractivity contribution < 1.29 is 0 Å². The van der Waals surface area contributed by atoms with E-state index in [0.29, 0.717) is 6.04 Å². The molecule has 1 saturated carbocycles. The summed E-state index contributed by atoms with van der Waals surface area (Å²) in [5, 5.41) is 4.25. The van der Waals surface area contributed by atoms with Crippen LogP contribution in [0.5, 0.6) is 0 Å². The van der Waals surface area contributed by atoms with Gasteiger partial charge in [0, 0.05) is 42.9 Å². The fourth-order valence-electron chi connectivity index (χ4n) is 3.96. The fraction of sp³-hybridized carbons (Fsp3) is 0.647. The fourth-order valence-corrected chi connectivity index (χ4v) is 4.14. The second-order valence-electron chi connectivity index (χ2n) is 6.40. The Kier molecular flexibility index (Phi) is 9.02. The quantitative estimate of drug-likeness (QED) is 0.768. The van der Waals surface area contributed by atoms with Gasteiger partial charge in [0.1, 0.15) is 0 Å². The van der Waals surface area contributed by atoms with Gasteiger partial charge in [-0.25, -0.2) is 0 Å². The molecule has 0 radical (unpaired) electrons. The van der Waals surface area contributed by atoms with Gasteiger partial charge in [-0.2, -0.15) is 0 Å². The third kappa shape index (κ3) is 5.14. The molecule has 0 amide bonds. The standard InChI is InChI=1S/C17H26ClN3.2ClH/c18-14-6-7-16(19)15(12-14)17(13-4-2-1-3-5-13)21-10-8-20-9-11-21;;/h6-7,12-13,17,20H,1-5,8-11,19H2;2*1H/t17-;;/m1../s1. The monoisotopic (exact) mass is 379 g/mol. The van der Waals surface area contributed by atoms with E-state index < -0.39 is 0 Å². The maximum Gasteiger partial charge on any atom is 0.0410 e. The zero-order valence-electron chi connectivity index (χ0n) is 13.5. The molecule has 1 aromatic carbocycles. The molecular weight excluding hydrogens is 353 g/mol. The first-order valence-corrected chi connectivity index (χ1v) is 8.63. The number of nitrogens with two attached hydrogens (primary N) is 1. The number of halogens is 3. The zero-order chi connectivity index (χ0) is 14.7. The van der Waals surface area contributed by atoms with E-state index in [1.54, 1.807) is 0 Å². The topological polar surface area (TPSA) is 41.3 Å². The summed E-state index contributed by atoms with van der Waals surface area (Å²) in [7, 11) is 0. The Bertz CT molecular complexity index is 454. The van der Waals surface area contributed by atoms with Gasteiger partial charge in [-0.15, -0.1) is 24.8 Å². The summed E-state index contributed by atoms with van der Waals surface area (Å²) < 4.78 is 0. The van der Waals surface area contributed by atoms with Gasteiger partial charge in [0.15, 0.2) is 0 Å². The second-order valence-corrected chi connectivity index (χ2v) is 6.84. The van der Waals surface area contributed by atoms with Crippen LogP contribution in [0.1, 0.15) is 43.7 Å². The number of anilines is 1. The molecule has 0 unspecified atom stereocenters. The summed E-state index contributed by atoms with van der Waals surface area (Å²) in [5.41, 5.74) is 8.45. The molecule has 1 aliphatic heterocycles. The molecule has 6 heteroatoms. The predicted molar refractivity (Wildman–Crippen MR) is 104 cm³/mol. The summed E-state index contributed by atoms with van der Waals surface area (Å²) >= 11 is 6.25. The minimum atomic E-state index is 0. The first-order chi connectivity index (χ1) is 10.3. The highest BCUT2D eigenvalue weighted by atomic mass is 35.5. The molecule has 1 atom stereocenters. The number of nitrogens with one attached hydrogen (secondary N) is 1. The molecule has 1 aliphatic carbocycles. The van der Waals surface area contributed by atoms with Crippen LogP contribution >= 0.6 is 36.4 Å². The van der Waals surface area contributed by atoms with E-state index in [4.69, 9.17) is 17.3 Å². The molecule has 0 spiro atoms. The Hall–Kier alpha value is -0.190. The van der Waals surface area contributed by atoms with Gasteiger partial charge < -0.3 is 11.1 Å². The molecule has 2 aliphatic rings. The van der Waals surface area contributed by atoms with E-state index in [1.807, 2.05) is 12.1 Å². The van der Waals surface area contributed by atoms with Gasteiger partial charge >= 0.3 is 0 Å². The second kappa shape index (κ2) is 9.95. The van der Waals surface area contributed by atoms with Crippen LogP contribution in [0.25, 0.3) is 0 Å². The molecule has 3 nitrogen and oxygen atoms in total. The van der Waals surface area contributed by atoms with Crippen molar-refractivity contribution >= 4 is 42.1 Å². The van der Waals surface area contributed by atoms with Crippen molar-refractivity contribution in [2.24, 2.45) is 5.92 Å². The lowest BCUT2D eigenvalue weighted by molar-refractivity contribution is 0.104.